The Labute approximate surface area is 108 Å². The molecule has 1 heterocycles. The predicted molar refractivity (Wildman–Crippen MR) is 65.4 cm³/mol. The highest BCUT2D eigenvalue weighted by Crippen LogP contribution is 2.30. The van der Waals surface area contributed by atoms with Crippen LogP contribution in [0.25, 0.3) is 11.3 Å². The summed E-state index contributed by atoms with van der Waals surface area (Å²) >= 11 is 11.6. The monoisotopic (exact) mass is 291 g/mol. The molecule has 0 unspecified atom stereocenters. The number of aromatic nitrogens is 2. The number of nitrogens with zero attached hydrogens (tertiary/aromatic N) is 1. The second-order valence-electron chi connectivity index (χ2n) is 3.28. The summed E-state index contributed by atoms with van der Waals surface area (Å²) in [4.78, 5) is -0.0871. The van der Waals surface area contributed by atoms with Crippen molar-refractivity contribution in [2.24, 2.45) is 5.14 Å². The minimum atomic E-state index is -3.83. The Bertz CT molecular complexity index is 667. The van der Waals surface area contributed by atoms with Gasteiger partial charge in [0, 0.05) is 5.56 Å². The molecule has 17 heavy (non-hydrogen) atoms. The van der Waals surface area contributed by atoms with Crippen molar-refractivity contribution in [3.63, 3.8) is 0 Å². The average Bonchev–Trinajstić information content (AvgIpc) is 2.70. The molecule has 3 N–H and O–H groups in total. The van der Waals surface area contributed by atoms with E-state index in [1.165, 1.54) is 6.07 Å². The van der Waals surface area contributed by atoms with Gasteiger partial charge >= 0.3 is 0 Å². The molecule has 0 radical (unpaired) electrons. The van der Waals surface area contributed by atoms with Crippen LogP contribution in [-0.4, -0.2) is 18.6 Å². The first-order chi connectivity index (χ1) is 7.89. The minimum absolute atomic E-state index is 0.0871. The normalized spacial score (nSPS) is 11.7. The summed E-state index contributed by atoms with van der Waals surface area (Å²) in [5, 5.41) is 12.0. The molecule has 0 saturated carbocycles. The number of hydrogen-bond acceptors (Lipinski definition) is 3. The van der Waals surface area contributed by atoms with E-state index in [4.69, 9.17) is 28.3 Å². The van der Waals surface area contributed by atoms with Crippen molar-refractivity contribution in [2.45, 2.75) is 4.90 Å². The molecule has 2 rings (SSSR count). The van der Waals surface area contributed by atoms with Crippen LogP contribution < -0.4 is 5.14 Å². The molecule has 0 fully saturated rings. The summed E-state index contributed by atoms with van der Waals surface area (Å²) in [6.45, 7) is 0. The van der Waals surface area contributed by atoms with E-state index in [0.717, 1.165) is 6.20 Å². The van der Waals surface area contributed by atoms with Gasteiger partial charge < -0.3 is 0 Å². The number of benzene rings is 1. The van der Waals surface area contributed by atoms with Crippen LogP contribution in [0, 0.1) is 0 Å². The third kappa shape index (κ3) is 2.44. The van der Waals surface area contributed by atoms with Gasteiger partial charge in [-0.2, -0.15) is 5.10 Å². The van der Waals surface area contributed by atoms with Crippen LogP contribution in [0.5, 0.6) is 0 Å². The van der Waals surface area contributed by atoms with E-state index < -0.39 is 10.0 Å². The molecule has 1 aromatic carbocycles. The predicted octanol–water partition coefficient (Wildman–Crippen LogP) is 2.03. The number of primary sulfonamides is 1. The van der Waals surface area contributed by atoms with Crippen LogP contribution in [-0.2, 0) is 10.0 Å². The molecule has 90 valence electrons. The quantitative estimate of drug-likeness (QED) is 0.887. The van der Waals surface area contributed by atoms with Crippen LogP contribution in [0.3, 0.4) is 0 Å². The molecule has 5 nitrogen and oxygen atoms in total. The molecule has 0 amide bonds. The number of rotatable bonds is 2. The van der Waals surface area contributed by atoms with Crippen LogP contribution in [0.4, 0.5) is 0 Å². The number of H-pyrrole nitrogens is 1. The summed E-state index contributed by atoms with van der Waals surface area (Å²) in [5.74, 6) is 0. The summed E-state index contributed by atoms with van der Waals surface area (Å²) in [6, 6.07) is 4.72. The maximum absolute atomic E-state index is 11.3. The Balaban J connectivity index is 2.62. The van der Waals surface area contributed by atoms with Crippen molar-refractivity contribution in [3.8, 4) is 11.3 Å². The van der Waals surface area contributed by atoms with Crippen molar-refractivity contribution in [3.05, 3.63) is 34.4 Å². The molecular weight excluding hydrogens is 285 g/mol. The molecule has 0 aliphatic rings. The highest BCUT2D eigenvalue weighted by atomic mass is 35.5. The van der Waals surface area contributed by atoms with Crippen LogP contribution in [0.1, 0.15) is 0 Å². The van der Waals surface area contributed by atoms with Crippen molar-refractivity contribution < 1.29 is 8.42 Å². The number of halogens is 2. The van der Waals surface area contributed by atoms with Gasteiger partial charge in [-0.05, 0) is 12.1 Å². The smallest absolute Gasteiger partial charge is 0.241 e. The first kappa shape index (κ1) is 12.4. The molecule has 0 atom stereocenters. The molecule has 0 saturated heterocycles. The standard InChI is InChI=1S/C9H7Cl2N3O2S/c10-6-2-1-5(3-7(6)11)9-8(4-13-14-9)17(12,15)16/h1-4H,(H,13,14)(H2,12,15,16). The fourth-order valence-corrected chi connectivity index (χ4v) is 2.29. The number of aromatic amines is 1. The summed E-state index contributed by atoms with van der Waals surface area (Å²) < 4.78 is 22.6. The summed E-state index contributed by atoms with van der Waals surface area (Å²) in [6.07, 6.45) is 1.15. The van der Waals surface area contributed by atoms with E-state index in [-0.39, 0.29) is 10.6 Å². The number of nitrogens with one attached hydrogen (secondary N) is 1. The van der Waals surface area contributed by atoms with Crippen molar-refractivity contribution in [2.75, 3.05) is 0 Å². The fourth-order valence-electron chi connectivity index (χ4n) is 1.35. The zero-order valence-electron chi connectivity index (χ0n) is 8.31. The molecule has 8 heteroatoms. The SMILES string of the molecule is NS(=O)(=O)c1cn[nH]c1-c1ccc(Cl)c(Cl)c1. The third-order valence-corrected chi connectivity index (χ3v) is 3.78. The van der Waals surface area contributed by atoms with E-state index in [9.17, 15) is 8.42 Å². The second-order valence-corrected chi connectivity index (χ2v) is 5.63. The molecule has 0 aliphatic carbocycles. The molecule has 0 bridgehead atoms. The molecule has 2 aromatic rings. The molecular formula is C9H7Cl2N3O2S. The zero-order chi connectivity index (χ0) is 12.6. The first-order valence-electron chi connectivity index (χ1n) is 4.41. The maximum atomic E-state index is 11.3. The van der Waals surface area contributed by atoms with Crippen LogP contribution >= 0.6 is 23.2 Å². The van der Waals surface area contributed by atoms with Gasteiger partial charge in [0.15, 0.2) is 0 Å². The van der Waals surface area contributed by atoms with Gasteiger partial charge in [0.2, 0.25) is 10.0 Å². The van der Waals surface area contributed by atoms with Crippen LogP contribution in [0.2, 0.25) is 10.0 Å². The Hall–Kier alpha value is -1.08. The number of nitrogens with two attached hydrogens (primary N) is 1. The van der Waals surface area contributed by atoms with Crippen molar-refractivity contribution in [1.82, 2.24) is 10.2 Å². The highest BCUT2D eigenvalue weighted by molar-refractivity contribution is 7.89. The summed E-state index contributed by atoms with van der Waals surface area (Å²) in [5.41, 5.74) is 0.826. The Kier molecular flexibility index (Phi) is 3.13. The highest BCUT2D eigenvalue weighted by Gasteiger charge is 2.17. The lowest BCUT2D eigenvalue weighted by Gasteiger charge is -2.03. The lowest BCUT2D eigenvalue weighted by molar-refractivity contribution is 0.598. The zero-order valence-corrected chi connectivity index (χ0v) is 10.6. The third-order valence-electron chi connectivity index (χ3n) is 2.12. The van der Waals surface area contributed by atoms with Gasteiger partial charge in [-0.1, -0.05) is 29.3 Å². The fraction of sp³-hybridized carbons (Fsp3) is 0. The largest absolute Gasteiger partial charge is 0.276 e. The second kappa shape index (κ2) is 4.30. The molecule has 1 aromatic heterocycles. The Morgan fingerprint density at radius 1 is 1.24 bits per heavy atom. The van der Waals surface area contributed by atoms with Gasteiger partial charge in [-0.15, -0.1) is 0 Å². The van der Waals surface area contributed by atoms with Gasteiger partial charge in [-0.25, -0.2) is 13.6 Å². The van der Waals surface area contributed by atoms with Gasteiger partial charge in [0.05, 0.1) is 21.9 Å². The van der Waals surface area contributed by atoms with E-state index in [1.54, 1.807) is 12.1 Å². The number of hydrogen-bond donors (Lipinski definition) is 2. The summed E-state index contributed by atoms with van der Waals surface area (Å²) in [7, 11) is -3.83. The molecule has 0 aliphatic heterocycles. The lowest BCUT2D eigenvalue weighted by Crippen LogP contribution is -2.12. The first-order valence-corrected chi connectivity index (χ1v) is 6.71. The Morgan fingerprint density at radius 2 is 1.94 bits per heavy atom. The van der Waals surface area contributed by atoms with E-state index in [2.05, 4.69) is 10.2 Å². The van der Waals surface area contributed by atoms with Gasteiger partial charge in [0.1, 0.15) is 4.90 Å². The Morgan fingerprint density at radius 3 is 2.53 bits per heavy atom. The topological polar surface area (TPSA) is 88.8 Å². The maximum Gasteiger partial charge on any atom is 0.241 e. The minimum Gasteiger partial charge on any atom is -0.276 e. The van der Waals surface area contributed by atoms with Gasteiger partial charge in [-0.3, -0.25) is 5.10 Å². The van der Waals surface area contributed by atoms with Crippen LogP contribution in [0.15, 0.2) is 29.3 Å². The number of sulfonamides is 1. The lowest BCUT2D eigenvalue weighted by atomic mass is 10.1. The van der Waals surface area contributed by atoms with E-state index in [1.807, 2.05) is 0 Å². The van der Waals surface area contributed by atoms with E-state index in [0.29, 0.717) is 15.6 Å². The van der Waals surface area contributed by atoms with Crippen molar-refractivity contribution >= 4 is 33.2 Å². The van der Waals surface area contributed by atoms with E-state index >= 15 is 0 Å². The average molecular weight is 292 g/mol. The van der Waals surface area contributed by atoms with Crippen molar-refractivity contribution in [1.29, 1.82) is 0 Å². The van der Waals surface area contributed by atoms with Gasteiger partial charge in [0.25, 0.3) is 0 Å². The molecule has 0 spiro atoms.